The molecule has 1 aliphatic heterocycles. The van der Waals surface area contributed by atoms with Crippen LogP contribution in [0.1, 0.15) is 32.6 Å². The molecule has 2 atom stereocenters. The van der Waals surface area contributed by atoms with Gasteiger partial charge in [-0.3, -0.25) is 9.59 Å². The SMILES string of the molecule is COC(=O)CC(C)SC1CCCCNC1=O. The van der Waals surface area contributed by atoms with Crippen molar-refractivity contribution >= 4 is 23.6 Å². The lowest BCUT2D eigenvalue weighted by molar-refractivity contribution is -0.140. The number of hydrogen-bond donors (Lipinski definition) is 1. The summed E-state index contributed by atoms with van der Waals surface area (Å²) in [4.78, 5) is 22.7. The number of ether oxygens (including phenoxy) is 1. The maximum Gasteiger partial charge on any atom is 0.306 e. The number of thioether (sulfide) groups is 1. The van der Waals surface area contributed by atoms with E-state index in [1.165, 1.54) is 7.11 Å². The van der Waals surface area contributed by atoms with Gasteiger partial charge in [-0.25, -0.2) is 0 Å². The molecule has 16 heavy (non-hydrogen) atoms. The highest BCUT2D eigenvalue weighted by molar-refractivity contribution is 8.01. The van der Waals surface area contributed by atoms with E-state index in [0.29, 0.717) is 6.42 Å². The summed E-state index contributed by atoms with van der Waals surface area (Å²) in [5.74, 6) is -0.103. The summed E-state index contributed by atoms with van der Waals surface area (Å²) >= 11 is 1.57. The molecule has 1 N–H and O–H groups in total. The first-order valence-corrected chi connectivity index (χ1v) is 6.57. The zero-order valence-corrected chi connectivity index (χ0v) is 10.6. The molecule has 2 unspecified atom stereocenters. The van der Waals surface area contributed by atoms with Gasteiger partial charge in [0.2, 0.25) is 5.91 Å². The molecule has 92 valence electrons. The number of nitrogens with one attached hydrogen (secondary N) is 1. The van der Waals surface area contributed by atoms with Gasteiger partial charge in [0.1, 0.15) is 0 Å². The molecule has 0 aromatic carbocycles. The number of hydrogen-bond acceptors (Lipinski definition) is 4. The number of esters is 1. The summed E-state index contributed by atoms with van der Waals surface area (Å²) in [5, 5.41) is 3.01. The van der Waals surface area contributed by atoms with Crippen molar-refractivity contribution in [1.82, 2.24) is 5.32 Å². The Bertz CT molecular complexity index is 258. The van der Waals surface area contributed by atoms with Crippen molar-refractivity contribution in [2.75, 3.05) is 13.7 Å². The summed E-state index contributed by atoms with van der Waals surface area (Å²) in [6, 6.07) is 0. The summed E-state index contributed by atoms with van der Waals surface area (Å²) in [5.41, 5.74) is 0. The third-order valence-electron chi connectivity index (χ3n) is 2.56. The average Bonchev–Trinajstić information content (AvgIpc) is 2.44. The Morgan fingerprint density at radius 1 is 1.62 bits per heavy atom. The van der Waals surface area contributed by atoms with Crippen molar-refractivity contribution in [3.05, 3.63) is 0 Å². The molecule has 1 heterocycles. The van der Waals surface area contributed by atoms with Crippen LogP contribution in [0.2, 0.25) is 0 Å². The predicted octanol–water partition coefficient (Wildman–Crippen LogP) is 1.34. The number of carbonyl (C=O) groups is 2. The molecule has 4 nitrogen and oxygen atoms in total. The molecule has 0 aliphatic carbocycles. The molecule has 1 amide bonds. The van der Waals surface area contributed by atoms with Gasteiger partial charge in [0.15, 0.2) is 0 Å². The minimum Gasteiger partial charge on any atom is -0.469 e. The molecule has 1 fully saturated rings. The van der Waals surface area contributed by atoms with Crippen LogP contribution in [0.25, 0.3) is 0 Å². The molecule has 1 saturated heterocycles. The van der Waals surface area contributed by atoms with Gasteiger partial charge in [-0.2, -0.15) is 0 Å². The first-order valence-electron chi connectivity index (χ1n) is 5.63. The van der Waals surface area contributed by atoms with E-state index in [1.54, 1.807) is 11.8 Å². The minimum atomic E-state index is -0.214. The van der Waals surface area contributed by atoms with Crippen molar-refractivity contribution in [3.8, 4) is 0 Å². The second kappa shape index (κ2) is 6.78. The van der Waals surface area contributed by atoms with Crippen LogP contribution in [0.3, 0.4) is 0 Å². The number of amides is 1. The summed E-state index contributed by atoms with van der Waals surface area (Å²) in [6.07, 6.45) is 3.39. The highest BCUT2D eigenvalue weighted by Crippen LogP contribution is 2.26. The molecule has 5 heteroatoms. The van der Waals surface area contributed by atoms with Crippen LogP contribution in [-0.2, 0) is 14.3 Å². The van der Waals surface area contributed by atoms with E-state index in [4.69, 9.17) is 0 Å². The Balaban J connectivity index is 2.38. The van der Waals surface area contributed by atoms with Crippen molar-refractivity contribution < 1.29 is 14.3 Å². The smallest absolute Gasteiger partial charge is 0.306 e. The zero-order valence-electron chi connectivity index (χ0n) is 9.82. The highest BCUT2D eigenvalue weighted by atomic mass is 32.2. The van der Waals surface area contributed by atoms with Crippen molar-refractivity contribution in [1.29, 1.82) is 0 Å². The van der Waals surface area contributed by atoms with Gasteiger partial charge < -0.3 is 10.1 Å². The Hall–Kier alpha value is -0.710. The van der Waals surface area contributed by atoms with Crippen LogP contribution in [-0.4, -0.2) is 36.0 Å². The first-order chi connectivity index (χ1) is 7.63. The third-order valence-corrected chi connectivity index (χ3v) is 3.97. The van der Waals surface area contributed by atoms with Crippen molar-refractivity contribution in [2.45, 2.75) is 43.1 Å². The molecular formula is C11H19NO3S. The van der Waals surface area contributed by atoms with Gasteiger partial charge in [-0.1, -0.05) is 13.3 Å². The predicted molar refractivity (Wildman–Crippen MR) is 64.3 cm³/mol. The van der Waals surface area contributed by atoms with E-state index in [-0.39, 0.29) is 22.4 Å². The summed E-state index contributed by atoms with van der Waals surface area (Å²) in [6.45, 7) is 2.74. The Morgan fingerprint density at radius 3 is 3.06 bits per heavy atom. The van der Waals surface area contributed by atoms with Crippen molar-refractivity contribution in [2.24, 2.45) is 0 Å². The fraction of sp³-hybridized carbons (Fsp3) is 0.818. The van der Waals surface area contributed by atoms with Gasteiger partial charge in [-0.15, -0.1) is 11.8 Å². The monoisotopic (exact) mass is 245 g/mol. The van der Waals surface area contributed by atoms with Gasteiger partial charge >= 0.3 is 5.97 Å². The lowest BCUT2D eigenvalue weighted by atomic mass is 10.2. The first kappa shape index (κ1) is 13.4. The minimum absolute atomic E-state index is 0.0119. The topological polar surface area (TPSA) is 55.4 Å². The van der Waals surface area contributed by atoms with Crippen LogP contribution in [0.15, 0.2) is 0 Å². The molecule has 0 bridgehead atoms. The molecule has 0 saturated carbocycles. The van der Waals surface area contributed by atoms with Crippen LogP contribution >= 0.6 is 11.8 Å². The quantitative estimate of drug-likeness (QED) is 0.759. The standard InChI is InChI=1S/C11H19NO3S/c1-8(7-10(13)15-2)16-9-5-3-4-6-12-11(9)14/h8-9H,3-7H2,1-2H3,(H,12,14). The maximum atomic E-state index is 11.7. The van der Waals surface area contributed by atoms with E-state index in [1.807, 2.05) is 6.92 Å². The number of methoxy groups -OCH3 is 1. The van der Waals surface area contributed by atoms with Crippen LogP contribution < -0.4 is 5.32 Å². The van der Waals surface area contributed by atoms with E-state index < -0.39 is 0 Å². The molecular weight excluding hydrogens is 226 g/mol. The Kier molecular flexibility index (Phi) is 5.66. The molecule has 0 aromatic rings. The number of carbonyl (C=O) groups excluding carboxylic acids is 2. The van der Waals surface area contributed by atoms with E-state index in [0.717, 1.165) is 25.8 Å². The second-order valence-electron chi connectivity index (χ2n) is 4.00. The molecule has 0 aromatic heterocycles. The maximum absolute atomic E-state index is 11.7. The lowest BCUT2D eigenvalue weighted by Crippen LogP contribution is -2.32. The normalized spacial score (nSPS) is 23.1. The number of rotatable bonds is 4. The lowest BCUT2D eigenvalue weighted by Gasteiger charge is -2.17. The second-order valence-corrected chi connectivity index (χ2v) is 5.65. The summed E-state index contributed by atoms with van der Waals surface area (Å²) in [7, 11) is 1.39. The molecule has 0 spiro atoms. The fourth-order valence-electron chi connectivity index (χ4n) is 1.69. The van der Waals surface area contributed by atoms with E-state index in [9.17, 15) is 9.59 Å². The van der Waals surface area contributed by atoms with E-state index in [2.05, 4.69) is 10.1 Å². The Morgan fingerprint density at radius 2 is 2.38 bits per heavy atom. The highest BCUT2D eigenvalue weighted by Gasteiger charge is 2.24. The Labute approximate surface area is 100 Å². The van der Waals surface area contributed by atoms with Gasteiger partial charge in [-0.05, 0) is 12.8 Å². The molecule has 1 rings (SSSR count). The van der Waals surface area contributed by atoms with Crippen LogP contribution in [0, 0.1) is 0 Å². The average molecular weight is 245 g/mol. The fourth-order valence-corrected chi connectivity index (χ4v) is 2.99. The van der Waals surface area contributed by atoms with Gasteiger partial charge in [0.05, 0.1) is 18.8 Å². The van der Waals surface area contributed by atoms with Crippen LogP contribution in [0.4, 0.5) is 0 Å². The van der Waals surface area contributed by atoms with Crippen molar-refractivity contribution in [3.63, 3.8) is 0 Å². The summed E-state index contributed by atoms with van der Waals surface area (Å²) < 4.78 is 4.61. The van der Waals surface area contributed by atoms with E-state index >= 15 is 0 Å². The zero-order chi connectivity index (χ0) is 12.0. The largest absolute Gasteiger partial charge is 0.469 e. The molecule has 0 radical (unpaired) electrons. The van der Waals surface area contributed by atoms with Gasteiger partial charge in [0, 0.05) is 11.8 Å². The molecule has 1 aliphatic rings. The third kappa shape index (κ3) is 4.43. The van der Waals surface area contributed by atoms with Crippen LogP contribution in [0.5, 0.6) is 0 Å². The van der Waals surface area contributed by atoms with Gasteiger partial charge in [0.25, 0.3) is 0 Å².